The van der Waals surface area contributed by atoms with E-state index in [-0.39, 0.29) is 11.9 Å². The van der Waals surface area contributed by atoms with Crippen LogP contribution in [0.5, 0.6) is 0 Å². The summed E-state index contributed by atoms with van der Waals surface area (Å²) in [6, 6.07) is 15.7. The number of hydrogen-bond acceptors (Lipinski definition) is 3. The summed E-state index contributed by atoms with van der Waals surface area (Å²) in [4.78, 5) is 23.3. The van der Waals surface area contributed by atoms with E-state index in [4.69, 9.17) is 0 Å². The molecule has 0 saturated carbocycles. The molecule has 1 unspecified atom stereocenters. The molecule has 4 nitrogen and oxygen atoms in total. The van der Waals surface area contributed by atoms with Crippen molar-refractivity contribution >= 4 is 5.91 Å². The Kier molecular flexibility index (Phi) is 3.79. The van der Waals surface area contributed by atoms with Gasteiger partial charge in [-0.2, -0.15) is 0 Å². The maximum absolute atomic E-state index is 13.1. The lowest BCUT2D eigenvalue weighted by Gasteiger charge is -2.37. The third kappa shape index (κ3) is 2.56. The number of carbonyl (C=O) groups is 1. The van der Waals surface area contributed by atoms with Crippen molar-refractivity contribution in [3.8, 4) is 0 Å². The van der Waals surface area contributed by atoms with Crippen molar-refractivity contribution in [1.29, 1.82) is 0 Å². The first-order valence-corrected chi connectivity index (χ1v) is 8.03. The van der Waals surface area contributed by atoms with Crippen LogP contribution in [0, 0.1) is 0 Å². The third-order valence-electron chi connectivity index (χ3n) is 4.47. The van der Waals surface area contributed by atoms with Crippen LogP contribution < -0.4 is 0 Å². The first kappa shape index (κ1) is 14.6. The molecule has 24 heavy (non-hydrogen) atoms. The fraction of sp³-hybridized carbons (Fsp3) is 0.150. The second-order valence-electron chi connectivity index (χ2n) is 5.87. The molecule has 3 heterocycles. The second-order valence-corrected chi connectivity index (χ2v) is 5.87. The molecule has 1 aromatic carbocycles. The summed E-state index contributed by atoms with van der Waals surface area (Å²) in [5.74, 6) is 0.0285. The van der Waals surface area contributed by atoms with Gasteiger partial charge in [-0.15, -0.1) is 0 Å². The van der Waals surface area contributed by atoms with E-state index in [1.807, 2.05) is 29.3 Å². The molecule has 0 bridgehead atoms. The highest BCUT2D eigenvalue weighted by Crippen LogP contribution is 2.35. The van der Waals surface area contributed by atoms with Crippen LogP contribution in [0.25, 0.3) is 0 Å². The van der Waals surface area contributed by atoms with E-state index in [2.05, 4.69) is 28.2 Å². The number of rotatable bonds is 2. The van der Waals surface area contributed by atoms with Crippen molar-refractivity contribution < 1.29 is 4.79 Å². The molecule has 0 fully saturated rings. The highest BCUT2D eigenvalue weighted by atomic mass is 16.2. The molecule has 1 aliphatic heterocycles. The Hall–Kier alpha value is -3.01. The summed E-state index contributed by atoms with van der Waals surface area (Å²) in [6.45, 7) is 0.692. The molecule has 0 aliphatic carbocycles. The Morgan fingerprint density at radius 1 is 0.958 bits per heavy atom. The summed E-state index contributed by atoms with van der Waals surface area (Å²) in [6.07, 6.45) is 7.78. The normalized spacial score (nSPS) is 16.5. The molecule has 1 amide bonds. The standard InChI is InChI=1S/C20H17N3O/c24-20(16-7-11-21-12-8-16)23-13-9-15-4-1-2-6-18(15)19(23)17-5-3-10-22-14-17/h1-8,10-12,14,19H,9,13H2. The highest BCUT2D eigenvalue weighted by molar-refractivity contribution is 5.94. The summed E-state index contributed by atoms with van der Waals surface area (Å²) in [7, 11) is 0. The molecular formula is C20H17N3O. The Morgan fingerprint density at radius 2 is 1.79 bits per heavy atom. The molecule has 1 aliphatic rings. The average Bonchev–Trinajstić information content (AvgIpc) is 2.68. The number of hydrogen-bond donors (Lipinski definition) is 0. The van der Waals surface area contributed by atoms with Crippen LogP contribution >= 0.6 is 0 Å². The van der Waals surface area contributed by atoms with Gasteiger partial charge in [-0.05, 0) is 41.3 Å². The van der Waals surface area contributed by atoms with Crippen LogP contribution in [0.3, 0.4) is 0 Å². The number of nitrogens with zero attached hydrogens (tertiary/aromatic N) is 3. The minimum atomic E-state index is -0.107. The minimum Gasteiger partial charge on any atom is -0.327 e. The smallest absolute Gasteiger partial charge is 0.254 e. The zero-order chi connectivity index (χ0) is 16.4. The minimum absolute atomic E-state index is 0.0285. The van der Waals surface area contributed by atoms with Crippen LogP contribution in [0.15, 0.2) is 73.3 Å². The van der Waals surface area contributed by atoms with Gasteiger partial charge < -0.3 is 4.90 Å². The van der Waals surface area contributed by atoms with Crippen molar-refractivity contribution in [1.82, 2.24) is 14.9 Å². The lowest BCUT2D eigenvalue weighted by molar-refractivity contribution is 0.0694. The molecule has 4 rings (SSSR count). The van der Waals surface area contributed by atoms with E-state index in [9.17, 15) is 4.79 Å². The fourth-order valence-electron chi connectivity index (χ4n) is 3.34. The van der Waals surface area contributed by atoms with Crippen molar-refractivity contribution in [2.45, 2.75) is 12.5 Å². The van der Waals surface area contributed by atoms with Crippen molar-refractivity contribution in [2.24, 2.45) is 0 Å². The molecule has 2 aromatic heterocycles. The molecular weight excluding hydrogens is 298 g/mol. The topological polar surface area (TPSA) is 46.1 Å². The Bertz CT molecular complexity index is 849. The quantitative estimate of drug-likeness (QED) is 0.729. The van der Waals surface area contributed by atoms with Crippen molar-refractivity contribution in [2.75, 3.05) is 6.54 Å². The fourth-order valence-corrected chi connectivity index (χ4v) is 3.34. The SMILES string of the molecule is O=C(c1ccncc1)N1CCc2ccccc2C1c1cccnc1. The largest absolute Gasteiger partial charge is 0.327 e. The van der Waals surface area contributed by atoms with Gasteiger partial charge in [-0.3, -0.25) is 14.8 Å². The van der Waals surface area contributed by atoms with Crippen LogP contribution in [-0.2, 0) is 6.42 Å². The van der Waals surface area contributed by atoms with E-state index in [0.29, 0.717) is 12.1 Å². The molecule has 118 valence electrons. The number of pyridine rings is 2. The summed E-state index contributed by atoms with van der Waals surface area (Å²) in [5.41, 5.74) is 4.18. The van der Waals surface area contributed by atoms with Gasteiger partial charge in [-0.25, -0.2) is 0 Å². The van der Waals surface area contributed by atoms with Crippen LogP contribution in [0.2, 0.25) is 0 Å². The number of amides is 1. The van der Waals surface area contributed by atoms with Crippen molar-refractivity contribution in [3.63, 3.8) is 0 Å². The van der Waals surface area contributed by atoms with Gasteiger partial charge in [0.2, 0.25) is 0 Å². The molecule has 0 radical (unpaired) electrons. The van der Waals surface area contributed by atoms with Gasteiger partial charge >= 0.3 is 0 Å². The van der Waals surface area contributed by atoms with Gasteiger partial charge in [-0.1, -0.05) is 30.3 Å². The van der Waals surface area contributed by atoms with Crippen LogP contribution in [0.4, 0.5) is 0 Å². The number of fused-ring (bicyclic) bond motifs is 1. The lowest BCUT2D eigenvalue weighted by atomic mass is 9.88. The van der Waals surface area contributed by atoms with Crippen LogP contribution in [-0.4, -0.2) is 27.3 Å². The number of aromatic nitrogens is 2. The number of benzene rings is 1. The third-order valence-corrected chi connectivity index (χ3v) is 4.47. The molecule has 0 saturated heterocycles. The van der Waals surface area contributed by atoms with E-state index in [1.54, 1.807) is 30.7 Å². The predicted octanol–water partition coefficient (Wildman–Crippen LogP) is 3.26. The monoisotopic (exact) mass is 315 g/mol. The zero-order valence-electron chi connectivity index (χ0n) is 13.2. The van der Waals surface area contributed by atoms with Gasteiger partial charge in [0, 0.05) is 36.9 Å². The van der Waals surface area contributed by atoms with Gasteiger partial charge in [0.05, 0.1) is 6.04 Å². The van der Waals surface area contributed by atoms with E-state index >= 15 is 0 Å². The maximum atomic E-state index is 13.1. The molecule has 0 N–H and O–H groups in total. The van der Waals surface area contributed by atoms with Gasteiger partial charge in [0.1, 0.15) is 0 Å². The second kappa shape index (κ2) is 6.24. The lowest BCUT2D eigenvalue weighted by Crippen LogP contribution is -2.40. The Labute approximate surface area is 140 Å². The molecule has 3 aromatic rings. The molecule has 4 heteroatoms. The predicted molar refractivity (Wildman–Crippen MR) is 91.5 cm³/mol. The zero-order valence-corrected chi connectivity index (χ0v) is 13.2. The molecule has 0 spiro atoms. The molecule has 1 atom stereocenters. The van der Waals surface area contributed by atoms with Gasteiger partial charge in [0.15, 0.2) is 0 Å². The first-order chi connectivity index (χ1) is 11.8. The Balaban J connectivity index is 1.80. The number of carbonyl (C=O) groups excluding carboxylic acids is 1. The summed E-state index contributed by atoms with van der Waals surface area (Å²) >= 11 is 0. The average molecular weight is 315 g/mol. The van der Waals surface area contributed by atoms with Crippen molar-refractivity contribution in [3.05, 3.63) is 95.6 Å². The van der Waals surface area contributed by atoms with Gasteiger partial charge in [0.25, 0.3) is 5.91 Å². The summed E-state index contributed by atoms with van der Waals surface area (Å²) in [5, 5.41) is 0. The summed E-state index contributed by atoms with van der Waals surface area (Å²) < 4.78 is 0. The van der Waals surface area contributed by atoms with E-state index < -0.39 is 0 Å². The Morgan fingerprint density at radius 3 is 2.58 bits per heavy atom. The highest BCUT2D eigenvalue weighted by Gasteiger charge is 2.32. The maximum Gasteiger partial charge on any atom is 0.254 e. The first-order valence-electron chi connectivity index (χ1n) is 8.03. The van der Waals surface area contributed by atoms with Crippen LogP contribution in [0.1, 0.15) is 33.1 Å². The van der Waals surface area contributed by atoms with E-state index in [1.165, 1.54) is 11.1 Å². The van der Waals surface area contributed by atoms with E-state index in [0.717, 1.165) is 12.0 Å².